The second-order valence-electron chi connectivity index (χ2n) is 8.57. The molecular weight excluding hydrogens is 527 g/mol. The van der Waals surface area contributed by atoms with Gasteiger partial charge in [-0.1, -0.05) is 30.3 Å². The van der Waals surface area contributed by atoms with E-state index in [1.54, 1.807) is 0 Å². The van der Waals surface area contributed by atoms with Crippen LogP contribution in [0.4, 0.5) is 0 Å². The lowest BCUT2D eigenvalue weighted by Gasteiger charge is -2.34. The van der Waals surface area contributed by atoms with Crippen molar-refractivity contribution in [2.24, 2.45) is 4.99 Å². The number of benzene rings is 2. The molecule has 0 aliphatic carbocycles. The second-order valence-corrected chi connectivity index (χ2v) is 8.57. The van der Waals surface area contributed by atoms with E-state index >= 15 is 0 Å². The fraction of sp³-hybridized carbons (Fsp3) is 0.462. The minimum atomic E-state index is 0. The Bertz CT molecular complexity index is 890. The Labute approximate surface area is 214 Å². The third-order valence-electron chi connectivity index (χ3n) is 6.29. The molecule has 2 heterocycles. The van der Waals surface area contributed by atoms with Gasteiger partial charge in [0.15, 0.2) is 5.96 Å². The minimum absolute atomic E-state index is 0. The lowest BCUT2D eigenvalue weighted by Crippen LogP contribution is -2.47. The Morgan fingerprint density at radius 1 is 0.939 bits per heavy atom. The summed E-state index contributed by atoms with van der Waals surface area (Å²) in [5, 5.41) is 3.47. The highest BCUT2D eigenvalue weighted by Gasteiger charge is 2.23. The summed E-state index contributed by atoms with van der Waals surface area (Å²) in [7, 11) is 1.83. The van der Waals surface area contributed by atoms with E-state index in [0.29, 0.717) is 6.54 Å². The van der Waals surface area contributed by atoms with Crippen molar-refractivity contribution in [3.05, 3.63) is 65.7 Å². The molecule has 0 atom stereocenters. The van der Waals surface area contributed by atoms with Crippen LogP contribution >= 0.6 is 24.0 Å². The van der Waals surface area contributed by atoms with Gasteiger partial charge in [0.2, 0.25) is 0 Å². The van der Waals surface area contributed by atoms with Gasteiger partial charge in [0.05, 0.1) is 0 Å². The third kappa shape index (κ3) is 7.09. The van der Waals surface area contributed by atoms with Crippen LogP contribution in [0.5, 0.6) is 5.75 Å². The molecule has 0 aromatic heterocycles. The van der Waals surface area contributed by atoms with Crippen molar-refractivity contribution in [2.75, 3.05) is 33.2 Å². The molecule has 6 nitrogen and oxygen atoms in total. The zero-order chi connectivity index (χ0) is 22.2. The van der Waals surface area contributed by atoms with Gasteiger partial charge in [0.25, 0.3) is 5.91 Å². The smallest absolute Gasteiger partial charge is 0.253 e. The van der Waals surface area contributed by atoms with Crippen molar-refractivity contribution >= 4 is 35.8 Å². The maximum absolute atomic E-state index is 12.6. The van der Waals surface area contributed by atoms with Gasteiger partial charge >= 0.3 is 0 Å². The summed E-state index contributed by atoms with van der Waals surface area (Å²) >= 11 is 0. The number of nitrogens with zero attached hydrogens (tertiary/aromatic N) is 3. The molecule has 2 aliphatic heterocycles. The Hall–Kier alpha value is -2.29. The number of hydrogen-bond acceptors (Lipinski definition) is 3. The molecule has 0 bridgehead atoms. The van der Waals surface area contributed by atoms with Crippen LogP contribution in [-0.2, 0) is 6.54 Å². The van der Waals surface area contributed by atoms with Gasteiger partial charge in [-0.25, -0.2) is 0 Å². The highest BCUT2D eigenvalue weighted by Crippen LogP contribution is 2.19. The van der Waals surface area contributed by atoms with Crippen LogP contribution < -0.4 is 10.1 Å². The number of carbonyl (C=O) groups is 1. The average molecular weight is 562 g/mol. The van der Waals surface area contributed by atoms with Gasteiger partial charge in [-0.3, -0.25) is 9.79 Å². The SMILES string of the molecule is CN=C(NCc1ccc(C(=O)N2CCCCC2)cc1)N1CCC(Oc2ccccc2)CC1.I. The number of halogens is 1. The molecule has 178 valence electrons. The van der Waals surface area contributed by atoms with Crippen molar-refractivity contribution in [1.82, 2.24) is 15.1 Å². The first-order valence-corrected chi connectivity index (χ1v) is 11.8. The van der Waals surface area contributed by atoms with E-state index in [2.05, 4.69) is 15.2 Å². The Kier molecular flexibility index (Phi) is 9.84. The number of ether oxygens (including phenoxy) is 1. The van der Waals surface area contributed by atoms with E-state index in [4.69, 9.17) is 4.74 Å². The van der Waals surface area contributed by atoms with Crippen LogP contribution in [0, 0.1) is 0 Å². The third-order valence-corrected chi connectivity index (χ3v) is 6.29. The van der Waals surface area contributed by atoms with E-state index < -0.39 is 0 Å². The first-order valence-electron chi connectivity index (χ1n) is 11.8. The van der Waals surface area contributed by atoms with Gasteiger partial charge in [-0.2, -0.15) is 0 Å². The molecule has 1 N–H and O–H groups in total. The summed E-state index contributed by atoms with van der Waals surface area (Å²) in [6, 6.07) is 18.0. The molecule has 2 aromatic rings. The number of amides is 1. The van der Waals surface area contributed by atoms with Crippen molar-refractivity contribution < 1.29 is 9.53 Å². The number of guanidine groups is 1. The van der Waals surface area contributed by atoms with Gasteiger partial charge in [-0.15, -0.1) is 24.0 Å². The molecule has 0 spiro atoms. The predicted octanol–water partition coefficient (Wildman–Crippen LogP) is 4.55. The normalized spacial score (nSPS) is 17.3. The summed E-state index contributed by atoms with van der Waals surface area (Å²) in [6.45, 7) is 4.28. The topological polar surface area (TPSA) is 57.2 Å². The zero-order valence-corrected chi connectivity index (χ0v) is 21.7. The Morgan fingerprint density at radius 3 is 2.24 bits per heavy atom. The fourth-order valence-corrected chi connectivity index (χ4v) is 4.44. The summed E-state index contributed by atoms with van der Waals surface area (Å²) in [5.41, 5.74) is 1.92. The van der Waals surface area contributed by atoms with Crippen LogP contribution in [0.25, 0.3) is 0 Å². The minimum Gasteiger partial charge on any atom is -0.490 e. The number of carbonyl (C=O) groups excluding carboxylic acids is 1. The maximum Gasteiger partial charge on any atom is 0.253 e. The molecule has 0 unspecified atom stereocenters. The van der Waals surface area contributed by atoms with Gasteiger partial charge in [0.1, 0.15) is 11.9 Å². The van der Waals surface area contributed by atoms with E-state index in [-0.39, 0.29) is 36.0 Å². The Morgan fingerprint density at radius 2 is 1.61 bits per heavy atom. The molecule has 2 saturated heterocycles. The van der Waals surface area contributed by atoms with Crippen LogP contribution in [0.2, 0.25) is 0 Å². The van der Waals surface area contributed by atoms with Gasteiger partial charge < -0.3 is 19.9 Å². The number of hydrogen-bond donors (Lipinski definition) is 1. The highest BCUT2D eigenvalue weighted by atomic mass is 127. The number of likely N-dealkylation sites (tertiary alicyclic amines) is 2. The molecular formula is C26H35IN4O2. The standard InChI is InChI=1S/C26H34N4O2.HI/c1-27-26(30-18-14-24(15-19-30)32-23-8-4-2-5-9-23)28-20-21-10-12-22(13-11-21)25(31)29-16-6-3-7-17-29;/h2,4-5,8-13,24H,3,6-7,14-20H2,1H3,(H,27,28);1H. The monoisotopic (exact) mass is 562 g/mol. The summed E-state index contributed by atoms with van der Waals surface area (Å²) in [4.78, 5) is 21.4. The number of rotatable bonds is 5. The van der Waals surface area contributed by atoms with E-state index in [1.807, 2.05) is 66.5 Å². The molecule has 2 aromatic carbocycles. The maximum atomic E-state index is 12.6. The number of para-hydroxylation sites is 1. The number of aliphatic imine (C=N–C) groups is 1. The van der Waals surface area contributed by atoms with Crippen molar-refractivity contribution in [3.63, 3.8) is 0 Å². The fourth-order valence-electron chi connectivity index (χ4n) is 4.44. The number of piperidine rings is 2. The second kappa shape index (κ2) is 12.8. The molecule has 7 heteroatoms. The van der Waals surface area contributed by atoms with Crippen molar-refractivity contribution in [3.8, 4) is 5.75 Å². The lowest BCUT2D eigenvalue weighted by atomic mass is 10.1. The lowest BCUT2D eigenvalue weighted by molar-refractivity contribution is 0.0724. The first kappa shape index (κ1) is 25.3. The van der Waals surface area contributed by atoms with E-state index in [0.717, 1.165) is 74.7 Å². The van der Waals surface area contributed by atoms with Crippen LogP contribution in [-0.4, -0.2) is 61.0 Å². The van der Waals surface area contributed by atoms with E-state index in [9.17, 15) is 4.79 Å². The molecule has 1 amide bonds. The summed E-state index contributed by atoms with van der Waals surface area (Å²) < 4.78 is 6.10. The quantitative estimate of drug-likeness (QED) is 0.330. The predicted molar refractivity (Wildman–Crippen MR) is 143 cm³/mol. The van der Waals surface area contributed by atoms with Gasteiger partial charge in [-0.05, 0) is 49.1 Å². The molecule has 0 radical (unpaired) electrons. The Balaban J connectivity index is 0.00000306. The zero-order valence-electron chi connectivity index (χ0n) is 19.4. The highest BCUT2D eigenvalue weighted by molar-refractivity contribution is 14.0. The molecule has 33 heavy (non-hydrogen) atoms. The van der Waals surface area contributed by atoms with Crippen LogP contribution in [0.1, 0.15) is 48.0 Å². The first-order chi connectivity index (χ1) is 15.7. The van der Waals surface area contributed by atoms with Crippen LogP contribution in [0.15, 0.2) is 59.6 Å². The largest absolute Gasteiger partial charge is 0.490 e. The molecule has 0 saturated carbocycles. The number of nitrogens with one attached hydrogen (secondary N) is 1. The molecule has 4 rings (SSSR count). The summed E-state index contributed by atoms with van der Waals surface area (Å²) in [6.07, 6.45) is 5.65. The van der Waals surface area contributed by atoms with Crippen molar-refractivity contribution in [2.45, 2.75) is 44.8 Å². The molecule has 2 aliphatic rings. The van der Waals surface area contributed by atoms with Crippen LogP contribution in [0.3, 0.4) is 0 Å². The van der Waals surface area contributed by atoms with E-state index in [1.165, 1.54) is 6.42 Å². The van der Waals surface area contributed by atoms with Crippen molar-refractivity contribution in [1.29, 1.82) is 0 Å². The van der Waals surface area contributed by atoms with Gasteiger partial charge in [0, 0.05) is 58.2 Å². The summed E-state index contributed by atoms with van der Waals surface area (Å²) in [5.74, 6) is 2.01. The molecule has 2 fully saturated rings. The average Bonchev–Trinajstić information content (AvgIpc) is 2.86.